The molecule has 1 heterocycles. The molecule has 0 aliphatic heterocycles. The van der Waals surface area contributed by atoms with Gasteiger partial charge in [-0.2, -0.15) is 0 Å². The van der Waals surface area contributed by atoms with Gasteiger partial charge in [-0.15, -0.1) is 0 Å². The number of hydrogen-bond acceptors (Lipinski definition) is 5. The second-order valence-electron chi connectivity index (χ2n) is 10.3. The van der Waals surface area contributed by atoms with Gasteiger partial charge in [0.25, 0.3) is 5.91 Å². The minimum Gasteiger partial charge on any atom is -0.497 e. The molecule has 0 fully saturated rings. The molecular formula is C34H34N2O6. The van der Waals surface area contributed by atoms with Crippen molar-refractivity contribution in [3.05, 3.63) is 106 Å². The van der Waals surface area contributed by atoms with Crippen LogP contribution in [0.15, 0.2) is 72.8 Å². The Morgan fingerprint density at radius 3 is 2.45 bits per heavy atom. The molecule has 0 saturated carbocycles. The minimum atomic E-state index is -1.06. The maximum absolute atomic E-state index is 13.6. The molecule has 1 aromatic heterocycles. The maximum Gasteiger partial charge on any atom is 0.335 e. The summed E-state index contributed by atoms with van der Waals surface area (Å²) in [6.45, 7) is 2.02. The fraction of sp³-hybridized carbons (Fsp3) is 0.265. The topological polar surface area (TPSA) is 98.1 Å². The van der Waals surface area contributed by atoms with E-state index in [1.807, 2.05) is 12.1 Å². The molecule has 1 N–H and O–H groups in total. The number of carbonyl (C=O) groups excluding carboxylic acids is 2. The van der Waals surface area contributed by atoms with Gasteiger partial charge in [-0.25, -0.2) is 4.79 Å². The smallest absolute Gasteiger partial charge is 0.335 e. The summed E-state index contributed by atoms with van der Waals surface area (Å²) in [7, 11) is 3.30. The van der Waals surface area contributed by atoms with E-state index in [1.54, 1.807) is 73.0 Å². The second kappa shape index (κ2) is 12.3. The molecule has 3 aromatic carbocycles. The Balaban J connectivity index is 1.72. The molecule has 42 heavy (non-hydrogen) atoms. The zero-order valence-corrected chi connectivity index (χ0v) is 24.1. The van der Waals surface area contributed by atoms with E-state index in [4.69, 9.17) is 9.47 Å². The number of hydrogen-bond donors (Lipinski definition) is 1. The number of allylic oxidation sites excluding steroid dienone is 1. The minimum absolute atomic E-state index is 0.112. The summed E-state index contributed by atoms with van der Waals surface area (Å²) in [5, 5.41) is 10.6. The molecule has 5 rings (SSSR count). The lowest BCUT2D eigenvalue weighted by atomic mass is 9.91. The van der Waals surface area contributed by atoms with Gasteiger partial charge in [-0.1, -0.05) is 36.4 Å². The van der Waals surface area contributed by atoms with Gasteiger partial charge in [0.05, 0.1) is 31.3 Å². The third kappa shape index (κ3) is 5.65. The van der Waals surface area contributed by atoms with Gasteiger partial charge in [0.15, 0.2) is 0 Å². The van der Waals surface area contributed by atoms with Crippen molar-refractivity contribution in [3.8, 4) is 5.75 Å². The number of aromatic nitrogens is 1. The van der Waals surface area contributed by atoms with Crippen LogP contribution >= 0.6 is 0 Å². The lowest BCUT2D eigenvalue weighted by Gasteiger charge is -2.21. The van der Waals surface area contributed by atoms with E-state index >= 15 is 0 Å². The van der Waals surface area contributed by atoms with Gasteiger partial charge in [-0.3, -0.25) is 9.59 Å². The quantitative estimate of drug-likeness (QED) is 0.252. The summed E-state index contributed by atoms with van der Waals surface area (Å²) < 4.78 is 12.4. The first-order valence-electron chi connectivity index (χ1n) is 14.0. The highest BCUT2D eigenvalue weighted by Gasteiger charge is 2.27. The number of carboxylic acids is 1. The molecule has 0 radical (unpaired) electrons. The Bertz CT molecular complexity index is 1680. The number of nitrogens with zero attached hydrogens (tertiary/aromatic N) is 2. The van der Waals surface area contributed by atoms with Crippen LogP contribution in [0.4, 0.5) is 0 Å². The first-order valence-corrected chi connectivity index (χ1v) is 14.0. The predicted octanol–water partition coefficient (Wildman–Crippen LogP) is 5.95. The van der Waals surface area contributed by atoms with Crippen LogP contribution in [0, 0.1) is 0 Å². The summed E-state index contributed by atoms with van der Waals surface area (Å²) in [6.07, 6.45) is 5.01. The van der Waals surface area contributed by atoms with Crippen LogP contribution in [-0.4, -0.2) is 53.2 Å². The monoisotopic (exact) mass is 566 g/mol. The number of methoxy groups -OCH3 is 1. The molecule has 0 unspecified atom stereocenters. The summed E-state index contributed by atoms with van der Waals surface area (Å²) in [4.78, 5) is 40.1. The fourth-order valence-corrected chi connectivity index (χ4v) is 5.65. The number of aryl methyl sites for hydroxylation is 1. The van der Waals surface area contributed by atoms with Gasteiger partial charge in [0.1, 0.15) is 12.3 Å². The van der Waals surface area contributed by atoms with E-state index in [1.165, 1.54) is 5.56 Å². The van der Waals surface area contributed by atoms with Crippen molar-refractivity contribution in [2.24, 2.45) is 0 Å². The molecule has 4 aromatic rings. The van der Waals surface area contributed by atoms with Crippen LogP contribution < -0.4 is 4.74 Å². The Morgan fingerprint density at radius 2 is 1.74 bits per heavy atom. The zero-order chi connectivity index (χ0) is 29.8. The summed E-state index contributed by atoms with van der Waals surface area (Å²) >= 11 is 0. The number of aromatic carboxylic acids is 1. The largest absolute Gasteiger partial charge is 0.497 e. The van der Waals surface area contributed by atoms with Crippen LogP contribution in [0.3, 0.4) is 0 Å². The van der Waals surface area contributed by atoms with Gasteiger partial charge < -0.3 is 24.0 Å². The molecular weight excluding hydrogens is 532 g/mol. The molecule has 1 aliphatic rings. The van der Waals surface area contributed by atoms with Gasteiger partial charge in [-0.05, 0) is 79.3 Å². The van der Waals surface area contributed by atoms with Crippen LogP contribution in [0.25, 0.3) is 16.5 Å². The van der Waals surface area contributed by atoms with Gasteiger partial charge in [0.2, 0.25) is 0 Å². The van der Waals surface area contributed by atoms with E-state index in [0.717, 1.165) is 47.0 Å². The first kappa shape index (κ1) is 28.7. The van der Waals surface area contributed by atoms with Crippen LogP contribution in [0.2, 0.25) is 0 Å². The molecule has 0 atom stereocenters. The second-order valence-corrected chi connectivity index (χ2v) is 10.3. The van der Waals surface area contributed by atoms with E-state index in [2.05, 4.69) is 18.2 Å². The summed E-state index contributed by atoms with van der Waals surface area (Å²) in [5.41, 5.74) is 6.16. The molecule has 0 spiro atoms. The number of benzene rings is 3. The highest BCUT2D eigenvalue weighted by Crippen LogP contribution is 2.39. The van der Waals surface area contributed by atoms with E-state index in [0.29, 0.717) is 16.8 Å². The van der Waals surface area contributed by atoms with Crippen molar-refractivity contribution in [2.45, 2.75) is 39.3 Å². The normalized spacial score (nSPS) is 12.7. The van der Waals surface area contributed by atoms with Crippen LogP contribution in [0.5, 0.6) is 5.75 Å². The zero-order valence-electron chi connectivity index (χ0n) is 24.1. The molecule has 0 saturated heterocycles. The average molecular weight is 567 g/mol. The van der Waals surface area contributed by atoms with Crippen LogP contribution in [0.1, 0.15) is 62.9 Å². The van der Waals surface area contributed by atoms with E-state index < -0.39 is 11.9 Å². The third-order valence-electron chi connectivity index (χ3n) is 7.66. The molecule has 8 heteroatoms. The standard InChI is InChI=1S/C34H34N2O6/c1-4-42-31(37)21-36-29-19-24(34(39)40)15-18-28(29)32(27-12-8-6-10-22-9-5-7-11-26(22)27)30(36)20-35(2)33(38)23-13-16-25(41-3)17-14-23/h5,7,9,11-19H,4,6,8,10,20-21H2,1-3H3,(H,39,40). The number of esters is 1. The Kier molecular flexibility index (Phi) is 8.43. The summed E-state index contributed by atoms with van der Waals surface area (Å²) in [5.74, 6) is -1.05. The number of rotatable bonds is 9. The predicted molar refractivity (Wildman–Crippen MR) is 161 cm³/mol. The van der Waals surface area contributed by atoms with Crippen molar-refractivity contribution >= 4 is 34.3 Å². The Morgan fingerprint density at radius 1 is 1.00 bits per heavy atom. The van der Waals surface area contributed by atoms with Gasteiger partial charge in [0, 0.05) is 29.3 Å². The van der Waals surface area contributed by atoms with E-state index in [-0.39, 0.29) is 31.2 Å². The van der Waals surface area contributed by atoms with Crippen molar-refractivity contribution in [2.75, 3.05) is 20.8 Å². The fourth-order valence-electron chi connectivity index (χ4n) is 5.65. The number of carbonyl (C=O) groups is 3. The molecule has 1 aliphatic carbocycles. The Hall–Kier alpha value is -4.85. The average Bonchev–Trinajstić information content (AvgIpc) is 3.13. The summed E-state index contributed by atoms with van der Waals surface area (Å²) in [6, 6.07) is 20.2. The molecule has 8 nitrogen and oxygen atoms in total. The number of carboxylic acid groups (broad SMARTS) is 1. The van der Waals surface area contributed by atoms with Crippen molar-refractivity contribution in [1.29, 1.82) is 0 Å². The lowest BCUT2D eigenvalue weighted by molar-refractivity contribution is -0.143. The van der Waals surface area contributed by atoms with Crippen molar-refractivity contribution < 1.29 is 29.0 Å². The number of fused-ring (bicyclic) bond motifs is 2. The highest BCUT2D eigenvalue weighted by molar-refractivity contribution is 6.03. The molecule has 216 valence electrons. The molecule has 1 amide bonds. The molecule has 0 bridgehead atoms. The third-order valence-corrected chi connectivity index (χ3v) is 7.66. The van der Waals surface area contributed by atoms with Crippen molar-refractivity contribution in [1.82, 2.24) is 9.47 Å². The van der Waals surface area contributed by atoms with Crippen LogP contribution in [-0.2, 0) is 29.0 Å². The van der Waals surface area contributed by atoms with Crippen molar-refractivity contribution in [3.63, 3.8) is 0 Å². The maximum atomic E-state index is 13.6. The Labute approximate surface area is 244 Å². The first-order chi connectivity index (χ1) is 20.3. The number of ether oxygens (including phenoxy) is 2. The van der Waals surface area contributed by atoms with E-state index in [9.17, 15) is 19.5 Å². The SMILES string of the molecule is CCOC(=O)Cn1c(CN(C)C(=O)c2ccc(OC)cc2)c(C2=CCCCc3ccccc32)c2ccc(C(=O)O)cc21. The highest BCUT2D eigenvalue weighted by atomic mass is 16.5. The van der Waals surface area contributed by atoms with Gasteiger partial charge >= 0.3 is 11.9 Å². The number of amides is 1. The lowest BCUT2D eigenvalue weighted by Crippen LogP contribution is -2.28.